The van der Waals surface area contributed by atoms with Crippen molar-refractivity contribution in [2.45, 2.75) is 25.7 Å². The molecule has 1 amide bonds. The molecule has 86 valence electrons. The molecule has 1 rings (SSSR count). The summed E-state index contributed by atoms with van der Waals surface area (Å²) < 4.78 is 0. The van der Waals surface area contributed by atoms with Gasteiger partial charge in [0.15, 0.2) is 0 Å². The van der Waals surface area contributed by atoms with Gasteiger partial charge >= 0.3 is 0 Å². The van der Waals surface area contributed by atoms with Gasteiger partial charge in [-0.15, -0.1) is 0 Å². The Labute approximate surface area is 93.4 Å². The molecular formula is C11H14N2O3. The van der Waals surface area contributed by atoms with Gasteiger partial charge in [0.05, 0.1) is 4.92 Å². The first-order chi connectivity index (χ1) is 7.59. The third kappa shape index (κ3) is 4.08. The molecule has 0 fully saturated rings. The molecule has 0 saturated carbocycles. The lowest BCUT2D eigenvalue weighted by Crippen LogP contribution is -2.09. The van der Waals surface area contributed by atoms with Crippen LogP contribution in [0.2, 0.25) is 0 Å². The summed E-state index contributed by atoms with van der Waals surface area (Å²) in [5.74, 6) is -0.288. The predicted octanol–water partition coefficient (Wildman–Crippen LogP) is 1.79. The van der Waals surface area contributed by atoms with Crippen LogP contribution in [0.25, 0.3) is 0 Å². The summed E-state index contributed by atoms with van der Waals surface area (Å²) in [4.78, 5) is 20.5. The molecule has 0 unspecified atom stereocenters. The van der Waals surface area contributed by atoms with Crippen LogP contribution in [0.5, 0.6) is 0 Å². The topological polar surface area (TPSA) is 86.2 Å². The number of hydrogen-bond acceptors (Lipinski definition) is 3. The fourth-order valence-electron chi connectivity index (χ4n) is 1.41. The van der Waals surface area contributed by atoms with E-state index in [1.807, 2.05) is 0 Å². The highest BCUT2D eigenvalue weighted by Crippen LogP contribution is 2.13. The first-order valence-electron chi connectivity index (χ1n) is 5.11. The van der Waals surface area contributed by atoms with Gasteiger partial charge in [-0.2, -0.15) is 0 Å². The van der Waals surface area contributed by atoms with Crippen LogP contribution >= 0.6 is 0 Å². The molecule has 0 atom stereocenters. The monoisotopic (exact) mass is 222 g/mol. The molecule has 2 N–H and O–H groups in total. The third-order valence-electron chi connectivity index (χ3n) is 2.29. The van der Waals surface area contributed by atoms with Gasteiger partial charge in [-0.25, -0.2) is 0 Å². The van der Waals surface area contributed by atoms with E-state index in [1.165, 1.54) is 12.1 Å². The predicted molar refractivity (Wildman–Crippen MR) is 59.8 cm³/mol. The van der Waals surface area contributed by atoms with Crippen LogP contribution in [-0.4, -0.2) is 10.8 Å². The smallest absolute Gasteiger partial charge is 0.269 e. The zero-order chi connectivity index (χ0) is 12.0. The SMILES string of the molecule is NC(=O)CCCCc1ccc([N+](=O)[O-])cc1. The molecule has 0 spiro atoms. The molecule has 0 bridgehead atoms. The third-order valence-corrected chi connectivity index (χ3v) is 2.29. The highest BCUT2D eigenvalue weighted by atomic mass is 16.6. The standard InChI is InChI=1S/C11H14N2O3/c12-11(14)4-2-1-3-9-5-7-10(8-6-9)13(15)16/h5-8H,1-4H2,(H2,12,14). The van der Waals surface area contributed by atoms with E-state index in [0.29, 0.717) is 6.42 Å². The summed E-state index contributed by atoms with van der Waals surface area (Å²) in [5.41, 5.74) is 6.15. The van der Waals surface area contributed by atoms with Crippen LogP contribution in [0.1, 0.15) is 24.8 Å². The van der Waals surface area contributed by atoms with Crippen molar-refractivity contribution in [2.24, 2.45) is 5.73 Å². The maximum Gasteiger partial charge on any atom is 0.269 e. The van der Waals surface area contributed by atoms with Crippen molar-refractivity contribution in [3.63, 3.8) is 0 Å². The summed E-state index contributed by atoms with van der Waals surface area (Å²) >= 11 is 0. The highest BCUT2D eigenvalue weighted by molar-refractivity contribution is 5.73. The van der Waals surface area contributed by atoms with Crippen LogP contribution in [-0.2, 0) is 11.2 Å². The number of nitro benzene ring substituents is 1. The molecule has 0 aliphatic carbocycles. The lowest BCUT2D eigenvalue weighted by molar-refractivity contribution is -0.384. The van der Waals surface area contributed by atoms with Crippen LogP contribution in [0.3, 0.4) is 0 Å². The molecule has 0 aliphatic heterocycles. The Morgan fingerprint density at radius 2 is 1.88 bits per heavy atom. The fourth-order valence-corrected chi connectivity index (χ4v) is 1.41. The Morgan fingerprint density at radius 3 is 2.38 bits per heavy atom. The molecular weight excluding hydrogens is 208 g/mol. The Hall–Kier alpha value is -1.91. The first-order valence-corrected chi connectivity index (χ1v) is 5.11. The molecule has 1 aromatic rings. The summed E-state index contributed by atoms with van der Waals surface area (Å²) in [6, 6.07) is 6.46. The maximum atomic E-state index is 10.5. The van der Waals surface area contributed by atoms with E-state index in [1.54, 1.807) is 12.1 Å². The van der Waals surface area contributed by atoms with Crippen molar-refractivity contribution in [1.82, 2.24) is 0 Å². The molecule has 1 aromatic carbocycles. The molecule has 5 nitrogen and oxygen atoms in total. The summed E-state index contributed by atoms with van der Waals surface area (Å²) in [7, 11) is 0. The van der Waals surface area contributed by atoms with Crippen LogP contribution in [0, 0.1) is 10.1 Å². The van der Waals surface area contributed by atoms with Crippen molar-refractivity contribution in [2.75, 3.05) is 0 Å². The number of primary amides is 1. The molecule has 0 aromatic heterocycles. The first kappa shape index (κ1) is 12.2. The average Bonchev–Trinajstić information content (AvgIpc) is 2.25. The van der Waals surface area contributed by atoms with E-state index in [4.69, 9.17) is 5.73 Å². The van der Waals surface area contributed by atoms with Gasteiger partial charge in [-0.1, -0.05) is 12.1 Å². The minimum absolute atomic E-state index is 0.0980. The van der Waals surface area contributed by atoms with Crippen molar-refractivity contribution in [3.05, 3.63) is 39.9 Å². The van der Waals surface area contributed by atoms with E-state index in [2.05, 4.69) is 0 Å². The average molecular weight is 222 g/mol. The van der Waals surface area contributed by atoms with Gasteiger partial charge in [-0.3, -0.25) is 14.9 Å². The lowest BCUT2D eigenvalue weighted by Gasteiger charge is -2.00. The van der Waals surface area contributed by atoms with E-state index in [0.717, 1.165) is 24.8 Å². The minimum Gasteiger partial charge on any atom is -0.370 e. The lowest BCUT2D eigenvalue weighted by atomic mass is 10.1. The number of carbonyl (C=O) groups is 1. The summed E-state index contributed by atoms with van der Waals surface area (Å²) in [5, 5.41) is 10.4. The summed E-state index contributed by atoms with van der Waals surface area (Å²) in [6.07, 6.45) is 2.82. The second-order valence-electron chi connectivity index (χ2n) is 3.60. The Kier molecular flexibility index (Phi) is 4.44. The zero-order valence-electron chi connectivity index (χ0n) is 8.89. The fraction of sp³-hybridized carbons (Fsp3) is 0.364. The van der Waals surface area contributed by atoms with Crippen molar-refractivity contribution < 1.29 is 9.72 Å². The van der Waals surface area contributed by atoms with Gasteiger partial charge < -0.3 is 5.73 Å². The number of rotatable bonds is 6. The van der Waals surface area contributed by atoms with Gasteiger partial charge in [0.1, 0.15) is 0 Å². The minimum atomic E-state index is -0.420. The Morgan fingerprint density at radius 1 is 1.25 bits per heavy atom. The molecule has 0 aliphatic rings. The van der Waals surface area contributed by atoms with Gasteiger partial charge in [0.25, 0.3) is 5.69 Å². The number of hydrogen-bond donors (Lipinski definition) is 1. The number of nitro groups is 1. The summed E-state index contributed by atoms with van der Waals surface area (Å²) in [6.45, 7) is 0. The number of carbonyl (C=O) groups excluding carboxylic acids is 1. The quantitative estimate of drug-likeness (QED) is 0.452. The van der Waals surface area contributed by atoms with E-state index < -0.39 is 4.92 Å². The number of unbranched alkanes of at least 4 members (excludes halogenated alkanes) is 1. The van der Waals surface area contributed by atoms with Crippen LogP contribution in [0.15, 0.2) is 24.3 Å². The van der Waals surface area contributed by atoms with E-state index >= 15 is 0 Å². The highest BCUT2D eigenvalue weighted by Gasteiger charge is 2.03. The largest absolute Gasteiger partial charge is 0.370 e. The number of nitrogens with zero attached hydrogens (tertiary/aromatic N) is 1. The number of non-ortho nitro benzene ring substituents is 1. The van der Waals surface area contributed by atoms with Crippen LogP contribution < -0.4 is 5.73 Å². The zero-order valence-corrected chi connectivity index (χ0v) is 8.89. The molecule has 0 radical (unpaired) electrons. The molecule has 0 heterocycles. The number of benzene rings is 1. The van der Waals surface area contributed by atoms with Gasteiger partial charge in [-0.05, 0) is 24.8 Å². The molecule has 5 heteroatoms. The second-order valence-corrected chi connectivity index (χ2v) is 3.60. The van der Waals surface area contributed by atoms with Gasteiger partial charge in [0.2, 0.25) is 5.91 Å². The van der Waals surface area contributed by atoms with Gasteiger partial charge in [0, 0.05) is 18.6 Å². The number of amides is 1. The second kappa shape index (κ2) is 5.85. The normalized spacial score (nSPS) is 10.0. The molecule has 0 saturated heterocycles. The van der Waals surface area contributed by atoms with Crippen molar-refractivity contribution in [1.29, 1.82) is 0 Å². The van der Waals surface area contributed by atoms with Crippen molar-refractivity contribution in [3.8, 4) is 0 Å². The van der Waals surface area contributed by atoms with Crippen LogP contribution in [0.4, 0.5) is 5.69 Å². The Bertz CT molecular complexity index is 373. The maximum absolute atomic E-state index is 10.5. The number of aryl methyl sites for hydroxylation is 1. The van der Waals surface area contributed by atoms with E-state index in [9.17, 15) is 14.9 Å². The molecule has 16 heavy (non-hydrogen) atoms. The Balaban J connectivity index is 2.38. The van der Waals surface area contributed by atoms with Crippen molar-refractivity contribution >= 4 is 11.6 Å². The van der Waals surface area contributed by atoms with E-state index in [-0.39, 0.29) is 11.6 Å². The number of nitrogens with two attached hydrogens (primary N) is 1.